The van der Waals surface area contributed by atoms with Crippen molar-refractivity contribution < 1.29 is 37.1 Å². The van der Waals surface area contributed by atoms with Gasteiger partial charge in [0.2, 0.25) is 11.8 Å². The van der Waals surface area contributed by atoms with Gasteiger partial charge in [0.1, 0.15) is 17.8 Å². The molecule has 2 aliphatic rings. The van der Waals surface area contributed by atoms with Gasteiger partial charge in [0, 0.05) is 19.0 Å². The van der Waals surface area contributed by atoms with Crippen LogP contribution in [0.4, 0.5) is 18.0 Å². The Bertz CT molecular complexity index is 897. The number of primary amides is 1. The molecule has 5 amide bonds. The maximum absolute atomic E-state index is 12.9. The number of piperidine rings is 1. The molecule has 1 atom stereocenters. The van der Waals surface area contributed by atoms with Crippen molar-refractivity contribution in [3.05, 3.63) is 29.8 Å². The molecule has 0 radical (unpaired) electrons. The van der Waals surface area contributed by atoms with Gasteiger partial charge in [-0.15, -0.1) is 13.2 Å². The highest BCUT2D eigenvalue weighted by molar-refractivity contribution is 6.09. The van der Waals surface area contributed by atoms with E-state index in [9.17, 15) is 32.3 Å². The molecule has 2 aliphatic heterocycles. The number of imide groups is 1. The Morgan fingerprint density at radius 2 is 1.77 bits per heavy atom. The molecule has 2 saturated heterocycles. The maximum atomic E-state index is 12.9. The number of ether oxygens (including phenoxy) is 1. The SMILES string of the molecule is CC1(c2ccc(OC(F)(F)F)cc2)NC(=O)N(CC(=O)N2CCC(C(N)=O)CC2)C1=O. The average molecular weight is 442 g/mol. The zero-order valence-corrected chi connectivity index (χ0v) is 16.6. The highest BCUT2D eigenvalue weighted by Crippen LogP contribution is 2.31. The normalized spacial score (nSPS) is 22.5. The van der Waals surface area contributed by atoms with Crippen LogP contribution in [0.25, 0.3) is 0 Å². The highest BCUT2D eigenvalue weighted by atomic mass is 19.4. The quantitative estimate of drug-likeness (QED) is 0.661. The van der Waals surface area contributed by atoms with Crippen molar-refractivity contribution in [2.45, 2.75) is 31.7 Å². The predicted molar refractivity (Wildman–Crippen MR) is 99.2 cm³/mol. The molecule has 0 aliphatic carbocycles. The van der Waals surface area contributed by atoms with Crippen LogP contribution in [-0.2, 0) is 19.9 Å². The molecule has 1 aromatic carbocycles. The van der Waals surface area contributed by atoms with Gasteiger partial charge in [-0.3, -0.25) is 19.3 Å². The molecule has 0 aromatic heterocycles. The van der Waals surface area contributed by atoms with Gasteiger partial charge in [0.25, 0.3) is 5.91 Å². The van der Waals surface area contributed by atoms with Crippen molar-refractivity contribution in [3.8, 4) is 5.75 Å². The van der Waals surface area contributed by atoms with Crippen LogP contribution in [-0.4, -0.2) is 59.5 Å². The second kappa shape index (κ2) is 8.08. The molecule has 0 bridgehead atoms. The molecule has 31 heavy (non-hydrogen) atoms. The molecule has 168 valence electrons. The van der Waals surface area contributed by atoms with Crippen molar-refractivity contribution in [1.29, 1.82) is 0 Å². The van der Waals surface area contributed by atoms with Crippen molar-refractivity contribution in [2.75, 3.05) is 19.6 Å². The van der Waals surface area contributed by atoms with E-state index in [4.69, 9.17) is 5.73 Å². The lowest BCUT2D eigenvalue weighted by atomic mass is 9.92. The summed E-state index contributed by atoms with van der Waals surface area (Å²) in [7, 11) is 0. The van der Waals surface area contributed by atoms with Gasteiger partial charge in [-0.05, 0) is 37.5 Å². The molecular weight excluding hydrogens is 421 g/mol. The molecule has 0 spiro atoms. The Labute approximate surface area is 175 Å². The first kappa shape index (κ1) is 22.4. The fourth-order valence-electron chi connectivity index (χ4n) is 3.67. The van der Waals surface area contributed by atoms with E-state index < -0.39 is 47.9 Å². The predicted octanol–water partition coefficient (Wildman–Crippen LogP) is 1.08. The van der Waals surface area contributed by atoms with E-state index in [1.54, 1.807) is 0 Å². The summed E-state index contributed by atoms with van der Waals surface area (Å²) in [6.45, 7) is 1.48. The lowest BCUT2D eigenvalue weighted by molar-refractivity contribution is -0.274. The van der Waals surface area contributed by atoms with Gasteiger partial charge < -0.3 is 20.7 Å². The Morgan fingerprint density at radius 1 is 1.19 bits per heavy atom. The van der Waals surface area contributed by atoms with Crippen LogP contribution in [0.2, 0.25) is 0 Å². The van der Waals surface area contributed by atoms with Crippen LogP contribution in [0.15, 0.2) is 24.3 Å². The molecule has 3 N–H and O–H groups in total. The number of amides is 5. The van der Waals surface area contributed by atoms with E-state index in [2.05, 4.69) is 10.1 Å². The summed E-state index contributed by atoms with van der Waals surface area (Å²) in [5, 5.41) is 2.49. The number of hydrogen-bond donors (Lipinski definition) is 2. The van der Waals surface area contributed by atoms with Crippen LogP contribution >= 0.6 is 0 Å². The number of likely N-dealkylation sites (tertiary alicyclic amines) is 1. The van der Waals surface area contributed by atoms with Gasteiger partial charge in [-0.2, -0.15) is 0 Å². The maximum Gasteiger partial charge on any atom is 0.573 e. The first-order chi connectivity index (χ1) is 14.4. The summed E-state index contributed by atoms with van der Waals surface area (Å²) in [6.07, 6.45) is -4.04. The lowest BCUT2D eigenvalue weighted by Gasteiger charge is -2.31. The summed E-state index contributed by atoms with van der Waals surface area (Å²) >= 11 is 0. The number of nitrogens with zero attached hydrogens (tertiary/aromatic N) is 2. The molecule has 2 fully saturated rings. The number of rotatable bonds is 5. The minimum absolute atomic E-state index is 0.234. The number of halogens is 3. The van der Waals surface area contributed by atoms with Gasteiger partial charge in [0.15, 0.2) is 0 Å². The van der Waals surface area contributed by atoms with Crippen LogP contribution in [0, 0.1) is 5.92 Å². The number of nitrogens with two attached hydrogens (primary N) is 1. The van der Waals surface area contributed by atoms with Gasteiger partial charge >= 0.3 is 12.4 Å². The largest absolute Gasteiger partial charge is 0.573 e. The molecule has 0 saturated carbocycles. The molecule has 1 unspecified atom stereocenters. The number of nitrogens with one attached hydrogen (secondary N) is 1. The third-order valence-corrected chi connectivity index (χ3v) is 5.48. The van der Waals surface area contributed by atoms with Crippen molar-refractivity contribution >= 4 is 23.8 Å². The molecule has 3 rings (SSSR count). The fourth-order valence-corrected chi connectivity index (χ4v) is 3.67. The van der Waals surface area contributed by atoms with E-state index in [-0.39, 0.29) is 24.6 Å². The Balaban J connectivity index is 1.67. The average Bonchev–Trinajstić information content (AvgIpc) is 2.91. The van der Waals surface area contributed by atoms with Crippen LogP contribution in [0.3, 0.4) is 0 Å². The monoisotopic (exact) mass is 442 g/mol. The van der Waals surface area contributed by atoms with Crippen molar-refractivity contribution in [1.82, 2.24) is 15.1 Å². The minimum Gasteiger partial charge on any atom is -0.406 e. The summed E-state index contributed by atoms with van der Waals surface area (Å²) in [5.74, 6) is -2.37. The van der Waals surface area contributed by atoms with Gasteiger partial charge in [-0.25, -0.2) is 4.79 Å². The number of carbonyl (C=O) groups is 4. The van der Waals surface area contributed by atoms with Crippen LogP contribution in [0.1, 0.15) is 25.3 Å². The molecule has 1 aromatic rings. The summed E-state index contributed by atoms with van der Waals surface area (Å²) in [6, 6.07) is 3.75. The van der Waals surface area contributed by atoms with E-state index in [0.717, 1.165) is 17.0 Å². The van der Waals surface area contributed by atoms with Crippen LogP contribution < -0.4 is 15.8 Å². The number of urea groups is 1. The topological polar surface area (TPSA) is 122 Å². The zero-order chi connectivity index (χ0) is 23.0. The molecule has 9 nitrogen and oxygen atoms in total. The minimum atomic E-state index is -4.86. The Kier molecular flexibility index (Phi) is 5.83. The summed E-state index contributed by atoms with van der Waals surface area (Å²) in [4.78, 5) is 51.3. The smallest absolute Gasteiger partial charge is 0.406 e. The first-order valence-electron chi connectivity index (χ1n) is 9.48. The third kappa shape index (κ3) is 4.72. The molecular formula is C19H21F3N4O5. The number of benzene rings is 1. The van der Waals surface area contributed by atoms with Gasteiger partial charge in [0.05, 0.1) is 0 Å². The lowest BCUT2D eigenvalue weighted by Crippen LogP contribution is -2.47. The second-order valence-corrected chi connectivity index (χ2v) is 7.58. The van der Waals surface area contributed by atoms with E-state index in [1.165, 1.54) is 24.0 Å². The fraction of sp³-hybridized carbons (Fsp3) is 0.474. The second-order valence-electron chi connectivity index (χ2n) is 7.58. The number of carbonyl (C=O) groups excluding carboxylic acids is 4. The zero-order valence-electron chi connectivity index (χ0n) is 16.6. The van der Waals surface area contributed by atoms with Crippen molar-refractivity contribution in [2.24, 2.45) is 11.7 Å². The molecule has 12 heteroatoms. The third-order valence-electron chi connectivity index (χ3n) is 5.48. The first-order valence-corrected chi connectivity index (χ1v) is 9.48. The Hall–Kier alpha value is -3.31. The Morgan fingerprint density at radius 3 is 2.29 bits per heavy atom. The summed E-state index contributed by atoms with van der Waals surface area (Å²) < 4.78 is 40.8. The van der Waals surface area contributed by atoms with E-state index in [0.29, 0.717) is 12.8 Å². The standard InChI is InChI=1S/C19H21F3N4O5/c1-18(12-2-4-13(5-3-12)31-19(20,21)22)16(29)26(17(30)24-18)10-14(27)25-8-6-11(7-9-25)15(23)28/h2-5,11H,6-10H2,1H3,(H2,23,28)(H,24,30). The molecule has 2 heterocycles. The summed E-state index contributed by atoms with van der Waals surface area (Å²) in [5.41, 5.74) is 3.96. The van der Waals surface area contributed by atoms with Crippen LogP contribution in [0.5, 0.6) is 5.75 Å². The van der Waals surface area contributed by atoms with E-state index >= 15 is 0 Å². The van der Waals surface area contributed by atoms with E-state index in [1.807, 2.05) is 0 Å². The highest BCUT2D eigenvalue weighted by Gasteiger charge is 2.50. The number of alkyl halides is 3. The number of hydrogen-bond acceptors (Lipinski definition) is 5. The van der Waals surface area contributed by atoms with Gasteiger partial charge in [-0.1, -0.05) is 12.1 Å². The van der Waals surface area contributed by atoms with Crippen molar-refractivity contribution in [3.63, 3.8) is 0 Å².